The molecule has 0 radical (unpaired) electrons. The molecule has 9 nitrogen and oxygen atoms in total. The Kier molecular flexibility index (Phi) is 6.32. The maximum atomic E-state index is 12.6. The van der Waals surface area contributed by atoms with Crippen molar-refractivity contribution in [3.05, 3.63) is 54.5 Å². The van der Waals surface area contributed by atoms with Crippen molar-refractivity contribution >= 4 is 28.6 Å². The number of rotatable bonds is 5. The lowest BCUT2D eigenvalue weighted by atomic mass is 9.87. The van der Waals surface area contributed by atoms with Gasteiger partial charge in [0.25, 0.3) is 0 Å². The minimum absolute atomic E-state index is 0.196. The van der Waals surface area contributed by atoms with Crippen molar-refractivity contribution in [2.75, 3.05) is 36.9 Å². The molecule has 0 atom stereocenters. The number of aromatic nitrogens is 5. The van der Waals surface area contributed by atoms with Crippen LogP contribution in [0.4, 0.5) is 11.8 Å². The molecule has 5 rings (SSSR count). The molecule has 0 saturated carbocycles. The van der Waals surface area contributed by atoms with Gasteiger partial charge in [-0.1, -0.05) is 45.0 Å². The van der Waals surface area contributed by atoms with Gasteiger partial charge in [0.05, 0.1) is 24.3 Å². The number of nitrogen functional groups attached to an aromatic ring is 1. The molecule has 0 bridgehead atoms. The van der Waals surface area contributed by atoms with Gasteiger partial charge in [0, 0.05) is 49.1 Å². The molecular formula is C27H29N7O2. The van der Waals surface area contributed by atoms with Gasteiger partial charge in [0.1, 0.15) is 11.3 Å². The van der Waals surface area contributed by atoms with E-state index in [0.717, 1.165) is 41.1 Å². The van der Waals surface area contributed by atoms with Crippen molar-refractivity contribution in [3.8, 4) is 22.5 Å². The van der Waals surface area contributed by atoms with Crippen LogP contribution in [0.2, 0.25) is 0 Å². The number of ether oxygens (including phenoxy) is 1. The third kappa shape index (κ3) is 5.01. The molecule has 0 unspecified atom stereocenters. The summed E-state index contributed by atoms with van der Waals surface area (Å²) in [4.78, 5) is 37.4. The van der Waals surface area contributed by atoms with Crippen LogP contribution in [-0.4, -0.2) is 57.0 Å². The van der Waals surface area contributed by atoms with E-state index in [1.807, 2.05) is 57.3 Å². The van der Waals surface area contributed by atoms with E-state index in [1.54, 1.807) is 12.4 Å². The number of carbonyl (C=O) groups excluding carboxylic acids is 1. The van der Waals surface area contributed by atoms with Gasteiger partial charge < -0.3 is 15.4 Å². The lowest BCUT2D eigenvalue weighted by Gasteiger charge is -2.28. The number of ketones is 1. The Labute approximate surface area is 209 Å². The van der Waals surface area contributed by atoms with E-state index in [0.29, 0.717) is 36.5 Å². The number of Topliss-reactive ketones (excluding diaryl/α,β-unsaturated/α-hetero) is 1. The van der Waals surface area contributed by atoms with Crippen LogP contribution in [0.1, 0.15) is 26.3 Å². The molecule has 0 aliphatic carbocycles. The topological polar surface area (TPSA) is 120 Å². The first-order chi connectivity index (χ1) is 17.3. The zero-order valence-corrected chi connectivity index (χ0v) is 20.7. The summed E-state index contributed by atoms with van der Waals surface area (Å²) in [5.41, 5.74) is 10.3. The number of carbonyl (C=O) groups is 1. The second kappa shape index (κ2) is 9.58. The number of hydrogen-bond donors (Lipinski definition) is 1. The highest BCUT2D eigenvalue weighted by atomic mass is 16.5. The van der Waals surface area contributed by atoms with Crippen molar-refractivity contribution in [3.63, 3.8) is 0 Å². The molecule has 1 saturated heterocycles. The van der Waals surface area contributed by atoms with Crippen molar-refractivity contribution in [1.82, 2.24) is 24.9 Å². The standard InChI is InChI=1S/C27H29N7O2/c1-27(2,3)22(35)12-17-5-4-6-18(11-17)19-13-21-23(29-14-19)25(34-7-9-36-10-8-34)33-24(32-21)20-15-30-26(28)31-16-20/h4-6,11,13-16H,7-10,12H2,1-3H3,(H2,28,30,31). The fourth-order valence-electron chi connectivity index (χ4n) is 4.05. The predicted molar refractivity (Wildman–Crippen MR) is 139 cm³/mol. The second-order valence-electron chi connectivity index (χ2n) is 9.94. The molecule has 4 heterocycles. The van der Waals surface area contributed by atoms with Crippen molar-refractivity contribution in [2.24, 2.45) is 5.41 Å². The Bertz CT molecular complexity index is 1410. The lowest BCUT2D eigenvalue weighted by molar-refractivity contribution is -0.125. The Morgan fingerprint density at radius 3 is 2.42 bits per heavy atom. The van der Waals surface area contributed by atoms with Crippen LogP contribution in [0.15, 0.2) is 48.9 Å². The molecule has 36 heavy (non-hydrogen) atoms. The first-order valence-electron chi connectivity index (χ1n) is 12.0. The molecule has 1 aliphatic rings. The molecule has 2 N–H and O–H groups in total. The molecule has 0 amide bonds. The number of benzene rings is 1. The summed E-state index contributed by atoms with van der Waals surface area (Å²) >= 11 is 0. The van der Waals surface area contributed by atoms with Gasteiger partial charge in [-0.05, 0) is 17.2 Å². The largest absolute Gasteiger partial charge is 0.378 e. The van der Waals surface area contributed by atoms with Crippen LogP contribution < -0.4 is 10.6 Å². The number of nitrogens with two attached hydrogens (primary N) is 1. The quantitative estimate of drug-likeness (QED) is 0.453. The predicted octanol–water partition coefficient (Wildman–Crippen LogP) is 3.73. The van der Waals surface area contributed by atoms with Crippen LogP contribution in [0.25, 0.3) is 33.5 Å². The number of hydrogen-bond acceptors (Lipinski definition) is 9. The van der Waals surface area contributed by atoms with Gasteiger partial charge in [0.15, 0.2) is 11.6 Å². The molecule has 184 valence electrons. The lowest BCUT2D eigenvalue weighted by Crippen LogP contribution is -2.37. The van der Waals surface area contributed by atoms with Gasteiger partial charge in [-0.3, -0.25) is 9.78 Å². The van der Waals surface area contributed by atoms with Crippen LogP contribution in [-0.2, 0) is 16.0 Å². The number of nitrogens with zero attached hydrogens (tertiary/aromatic N) is 6. The van der Waals surface area contributed by atoms with E-state index in [9.17, 15) is 4.79 Å². The summed E-state index contributed by atoms with van der Waals surface area (Å²) in [5.74, 6) is 1.66. The van der Waals surface area contributed by atoms with E-state index in [2.05, 4.69) is 14.9 Å². The third-order valence-electron chi connectivity index (χ3n) is 6.22. The monoisotopic (exact) mass is 483 g/mol. The average molecular weight is 484 g/mol. The van der Waals surface area contributed by atoms with E-state index in [4.69, 9.17) is 25.4 Å². The van der Waals surface area contributed by atoms with Crippen LogP contribution >= 0.6 is 0 Å². The maximum Gasteiger partial charge on any atom is 0.219 e. The molecule has 3 aromatic heterocycles. The summed E-state index contributed by atoms with van der Waals surface area (Å²) < 4.78 is 5.53. The summed E-state index contributed by atoms with van der Waals surface area (Å²) in [6.45, 7) is 8.54. The van der Waals surface area contributed by atoms with E-state index in [1.165, 1.54) is 0 Å². The zero-order valence-electron chi connectivity index (χ0n) is 20.7. The second-order valence-corrected chi connectivity index (χ2v) is 9.94. The van der Waals surface area contributed by atoms with Gasteiger partial charge in [-0.25, -0.2) is 19.9 Å². The smallest absolute Gasteiger partial charge is 0.219 e. The molecule has 1 aromatic carbocycles. The van der Waals surface area contributed by atoms with Crippen molar-refractivity contribution in [1.29, 1.82) is 0 Å². The van der Waals surface area contributed by atoms with Gasteiger partial charge in [-0.15, -0.1) is 0 Å². The van der Waals surface area contributed by atoms with Crippen molar-refractivity contribution in [2.45, 2.75) is 27.2 Å². The molecular weight excluding hydrogens is 454 g/mol. The minimum Gasteiger partial charge on any atom is -0.378 e. The minimum atomic E-state index is -0.379. The van der Waals surface area contributed by atoms with E-state index >= 15 is 0 Å². The molecule has 1 fully saturated rings. The van der Waals surface area contributed by atoms with Gasteiger partial charge >= 0.3 is 0 Å². The summed E-state index contributed by atoms with van der Waals surface area (Å²) in [5, 5.41) is 0. The van der Waals surface area contributed by atoms with Crippen LogP contribution in [0.5, 0.6) is 0 Å². The number of morpholine rings is 1. The fraction of sp³-hybridized carbons (Fsp3) is 0.333. The number of pyridine rings is 1. The molecule has 4 aromatic rings. The van der Waals surface area contributed by atoms with E-state index in [-0.39, 0.29) is 17.1 Å². The third-order valence-corrected chi connectivity index (χ3v) is 6.22. The molecule has 9 heteroatoms. The highest BCUT2D eigenvalue weighted by Gasteiger charge is 2.22. The Balaban J connectivity index is 1.58. The fourth-order valence-corrected chi connectivity index (χ4v) is 4.05. The number of anilines is 2. The summed E-state index contributed by atoms with van der Waals surface area (Å²) in [6.07, 6.45) is 5.48. The van der Waals surface area contributed by atoms with Crippen molar-refractivity contribution < 1.29 is 9.53 Å². The van der Waals surface area contributed by atoms with Crippen LogP contribution in [0.3, 0.4) is 0 Å². The summed E-state index contributed by atoms with van der Waals surface area (Å²) in [6, 6.07) is 10.0. The highest BCUT2D eigenvalue weighted by molar-refractivity contribution is 5.90. The maximum absolute atomic E-state index is 12.6. The van der Waals surface area contributed by atoms with E-state index < -0.39 is 0 Å². The Hall–Kier alpha value is -3.98. The average Bonchev–Trinajstić information content (AvgIpc) is 2.88. The normalized spacial score (nSPS) is 14.2. The van der Waals surface area contributed by atoms with Gasteiger partial charge in [-0.2, -0.15) is 0 Å². The first-order valence-corrected chi connectivity index (χ1v) is 12.0. The summed E-state index contributed by atoms with van der Waals surface area (Å²) in [7, 11) is 0. The van der Waals surface area contributed by atoms with Crippen LogP contribution in [0, 0.1) is 5.41 Å². The molecule has 0 spiro atoms. The van der Waals surface area contributed by atoms with Gasteiger partial charge in [0.2, 0.25) is 5.95 Å². The molecule has 1 aliphatic heterocycles. The zero-order chi connectivity index (χ0) is 25.3. The number of fused-ring (bicyclic) bond motifs is 1. The Morgan fingerprint density at radius 1 is 0.972 bits per heavy atom. The SMILES string of the molecule is CC(C)(C)C(=O)Cc1cccc(-c2cnc3c(N4CCOCC4)nc(-c4cnc(N)nc4)nc3c2)c1. The highest BCUT2D eigenvalue weighted by Crippen LogP contribution is 2.30. The first kappa shape index (κ1) is 23.7. The Morgan fingerprint density at radius 2 is 1.69 bits per heavy atom.